The van der Waals surface area contributed by atoms with Gasteiger partial charge >= 0.3 is 0 Å². The van der Waals surface area contributed by atoms with Crippen molar-refractivity contribution in [1.29, 1.82) is 0 Å². The highest BCUT2D eigenvalue weighted by Crippen LogP contribution is 2.25. The lowest BCUT2D eigenvalue weighted by molar-refractivity contribution is -0.126. The van der Waals surface area contributed by atoms with Gasteiger partial charge in [-0.05, 0) is 54.1 Å². The average molecular weight is 355 g/mol. The molecule has 2 aromatic carbocycles. The van der Waals surface area contributed by atoms with Gasteiger partial charge in [0.2, 0.25) is 11.8 Å². The maximum atomic E-state index is 13.0. The summed E-state index contributed by atoms with van der Waals surface area (Å²) in [5, 5.41) is 3.93. The van der Waals surface area contributed by atoms with Crippen LogP contribution in [-0.4, -0.2) is 31.7 Å². The molecule has 0 spiro atoms. The Bertz CT molecular complexity index is 819. The summed E-state index contributed by atoms with van der Waals surface area (Å²) >= 11 is 0. The number of amides is 2. The van der Waals surface area contributed by atoms with E-state index in [1.807, 2.05) is 12.1 Å². The Kier molecular flexibility index (Phi) is 5.26. The summed E-state index contributed by atoms with van der Waals surface area (Å²) < 4.78 is 18.1. The minimum atomic E-state index is -0.499. The van der Waals surface area contributed by atoms with Crippen molar-refractivity contribution in [1.82, 2.24) is 5.43 Å². The van der Waals surface area contributed by atoms with Crippen LogP contribution >= 0.6 is 0 Å². The van der Waals surface area contributed by atoms with E-state index in [1.165, 1.54) is 35.4 Å². The van der Waals surface area contributed by atoms with Gasteiger partial charge in [0.05, 0.1) is 19.2 Å². The highest BCUT2D eigenvalue weighted by Gasteiger charge is 2.35. The van der Waals surface area contributed by atoms with Crippen LogP contribution in [0.5, 0.6) is 5.75 Å². The molecule has 1 fully saturated rings. The largest absolute Gasteiger partial charge is 0.497 e. The Hall–Kier alpha value is -3.22. The number of hydrazone groups is 1. The first-order valence-electron chi connectivity index (χ1n) is 8.09. The molecule has 26 heavy (non-hydrogen) atoms. The van der Waals surface area contributed by atoms with Crippen molar-refractivity contribution in [3.63, 3.8) is 0 Å². The van der Waals surface area contributed by atoms with E-state index in [9.17, 15) is 14.0 Å². The predicted molar refractivity (Wildman–Crippen MR) is 95.6 cm³/mol. The molecule has 1 aliphatic heterocycles. The fraction of sp³-hybridized carbons (Fsp3) is 0.211. The molecule has 0 aliphatic carbocycles. The number of halogens is 1. The summed E-state index contributed by atoms with van der Waals surface area (Å²) in [7, 11) is 1.58. The van der Waals surface area contributed by atoms with Crippen molar-refractivity contribution in [3.05, 3.63) is 59.9 Å². The maximum absolute atomic E-state index is 13.0. The first-order chi connectivity index (χ1) is 12.6. The molecule has 0 aromatic heterocycles. The minimum Gasteiger partial charge on any atom is -0.497 e. The standard InChI is InChI=1S/C19H18FN3O3/c1-26-17-8-2-13(3-9-17)11-21-22-19(25)14-10-18(24)23(12-14)16-6-4-15(20)5-7-16/h2-9,11,14H,10,12H2,1H3,(H,22,25)/b21-11-/t14-/m0/s1. The maximum Gasteiger partial charge on any atom is 0.245 e. The summed E-state index contributed by atoms with van der Waals surface area (Å²) in [5.74, 6) is -0.636. The van der Waals surface area contributed by atoms with Gasteiger partial charge in [-0.1, -0.05) is 0 Å². The quantitative estimate of drug-likeness (QED) is 0.661. The second-order valence-electron chi connectivity index (χ2n) is 5.89. The van der Waals surface area contributed by atoms with E-state index in [1.54, 1.807) is 19.2 Å². The van der Waals surface area contributed by atoms with Crippen molar-refractivity contribution in [3.8, 4) is 5.75 Å². The molecule has 1 N–H and O–H groups in total. The zero-order valence-corrected chi connectivity index (χ0v) is 14.2. The van der Waals surface area contributed by atoms with Crippen LogP contribution in [0.1, 0.15) is 12.0 Å². The SMILES string of the molecule is COc1ccc(/C=N\NC(=O)[C@H]2CC(=O)N(c3ccc(F)cc3)C2)cc1. The molecule has 1 atom stereocenters. The monoisotopic (exact) mass is 355 g/mol. The molecular weight excluding hydrogens is 337 g/mol. The number of hydrogen-bond acceptors (Lipinski definition) is 4. The molecule has 0 radical (unpaired) electrons. The molecule has 0 saturated carbocycles. The van der Waals surface area contributed by atoms with E-state index in [0.29, 0.717) is 5.69 Å². The molecule has 1 aliphatic rings. The van der Waals surface area contributed by atoms with Gasteiger partial charge in [0.25, 0.3) is 0 Å². The number of rotatable bonds is 5. The van der Waals surface area contributed by atoms with Crippen molar-refractivity contribution >= 4 is 23.7 Å². The van der Waals surface area contributed by atoms with Crippen LogP contribution in [0.25, 0.3) is 0 Å². The third kappa shape index (κ3) is 4.05. The molecule has 7 heteroatoms. The van der Waals surface area contributed by atoms with E-state index in [-0.39, 0.29) is 30.6 Å². The van der Waals surface area contributed by atoms with Crippen molar-refractivity contribution in [2.24, 2.45) is 11.0 Å². The summed E-state index contributed by atoms with van der Waals surface area (Å²) in [5.41, 5.74) is 3.85. The number of hydrogen-bond donors (Lipinski definition) is 1. The first-order valence-corrected chi connectivity index (χ1v) is 8.09. The van der Waals surface area contributed by atoms with Gasteiger partial charge in [0.1, 0.15) is 11.6 Å². The van der Waals surface area contributed by atoms with Crippen LogP contribution in [-0.2, 0) is 9.59 Å². The van der Waals surface area contributed by atoms with Crippen LogP contribution in [0, 0.1) is 11.7 Å². The highest BCUT2D eigenvalue weighted by molar-refractivity contribution is 6.00. The number of carbonyl (C=O) groups excluding carboxylic acids is 2. The van der Waals surface area contributed by atoms with Gasteiger partial charge in [-0.3, -0.25) is 9.59 Å². The summed E-state index contributed by atoms with van der Waals surface area (Å²) in [6.45, 7) is 0.244. The molecule has 1 heterocycles. The van der Waals surface area contributed by atoms with Gasteiger partial charge in [0, 0.05) is 18.7 Å². The fourth-order valence-electron chi connectivity index (χ4n) is 2.71. The van der Waals surface area contributed by atoms with Gasteiger partial charge in [0.15, 0.2) is 0 Å². The molecule has 6 nitrogen and oxygen atoms in total. The van der Waals surface area contributed by atoms with E-state index in [2.05, 4.69) is 10.5 Å². The molecule has 3 rings (SSSR count). The van der Waals surface area contributed by atoms with Crippen LogP contribution < -0.4 is 15.1 Å². The predicted octanol–water partition coefficient (Wildman–Crippen LogP) is 2.34. The van der Waals surface area contributed by atoms with E-state index in [0.717, 1.165) is 11.3 Å². The van der Waals surface area contributed by atoms with Crippen LogP contribution in [0.4, 0.5) is 10.1 Å². The van der Waals surface area contributed by atoms with Gasteiger partial charge in [-0.2, -0.15) is 5.10 Å². The number of methoxy groups -OCH3 is 1. The zero-order chi connectivity index (χ0) is 18.5. The second kappa shape index (κ2) is 7.77. The van der Waals surface area contributed by atoms with Crippen LogP contribution in [0.15, 0.2) is 53.6 Å². The Balaban J connectivity index is 1.57. The number of benzene rings is 2. The summed E-state index contributed by atoms with van der Waals surface area (Å²) in [4.78, 5) is 25.8. The lowest BCUT2D eigenvalue weighted by Gasteiger charge is -2.16. The van der Waals surface area contributed by atoms with Crippen LogP contribution in [0.2, 0.25) is 0 Å². The fourth-order valence-corrected chi connectivity index (χ4v) is 2.71. The van der Waals surface area contributed by atoms with Gasteiger partial charge in [-0.25, -0.2) is 9.82 Å². The number of nitrogens with one attached hydrogen (secondary N) is 1. The van der Waals surface area contributed by atoms with Gasteiger partial charge in [-0.15, -0.1) is 0 Å². The third-order valence-corrected chi connectivity index (χ3v) is 4.14. The number of carbonyl (C=O) groups is 2. The van der Waals surface area contributed by atoms with Gasteiger partial charge < -0.3 is 9.64 Å². The zero-order valence-electron chi connectivity index (χ0n) is 14.2. The molecule has 2 amide bonds. The molecule has 1 saturated heterocycles. The Morgan fingerprint density at radius 3 is 2.58 bits per heavy atom. The Morgan fingerprint density at radius 2 is 1.92 bits per heavy atom. The lowest BCUT2D eigenvalue weighted by Crippen LogP contribution is -2.30. The first kappa shape index (κ1) is 17.6. The lowest BCUT2D eigenvalue weighted by atomic mass is 10.1. The van der Waals surface area contributed by atoms with Crippen molar-refractivity contribution in [2.45, 2.75) is 6.42 Å². The molecule has 0 unspecified atom stereocenters. The van der Waals surface area contributed by atoms with E-state index >= 15 is 0 Å². The summed E-state index contributed by atoms with van der Waals surface area (Å²) in [6, 6.07) is 12.8. The highest BCUT2D eigenvalue weighted by atomic mass is 19.1. The van der Waals surface area contributed by atoms with Crippen molar-refractivity contribution < 1.29 is 18.7 Å². The number of nitrogens with zero attached hydrogens (tertiary/aromatic N) is 2. The molecular formula is C19H18FN3O3. The molecule has 0 bridgehead atoms. The Morgan fingerprint density at radius 1 is 1.23 bits per heavy atom. The Labute approximate surface area is 150 Å². The van der Waals surface area contributed by atoms with Crippen LogP contribution in [0.3, 0.4) is 0 Å². The normalized spacial score (nSPS) is 16.9. The second-order valence-corrected chi connectivity index (χ2v) is 5.89. The van der Waals surface area contributed by atoms with E-state index in [4.69, 9.17) is 4.74 Å². The number of ether oxygens (including phenoxy) is 1. The average Bonchev–Trinajstić information content (AvgIpc) is 3.05. The van der Waals surface area contributed by atoms with E-state index < -0.39 is 5.92 Å². The minimum absolute atomic E-state index is 0.0985. The smallest absolute Gasteiger partial charge is 0.245 e. The summed E-state index contributed by atoms with van der Waals surface area (Å²) in [6.07, 6.45) is 1.62. The van der Waals surface area contributed by atoms with Crippen molar-refractivity contribution in [2.75, 3.05) is 18.6 Å². The topological polar surface area (TPSA) is 71.0 Å². The number of anilines is 1. The molecule has 134 valence electrons. The molecule has 2 aromatic rings. The third-order valence-electron chi connectivity index (χ3n) is 4.14.